The molecule has 0 spiro atoms. The van der Waals surface area contributed by atoms with Crippen molar-refractivity contribution >= 4 is 79.8 Å². The molecule has 2 fully saturated rings. The van der Waals surface area contributed by atoms with Gasteiger partial charge in [0.05, 0.1) is 16.9 Å². The summed E-state index contributed by atoms with van der Waals surface area (Å²) >= 11 is 0. The minimum atomic E-state index is -0.159. The van der Waals surface area contributed by atoms with E-state index in [0.717, 1.165) is 24.1 Å². The van der Waals surface area contributed by atoms with Crippen LogP contribution in [-0.4, -0.2) is 12.3 Å². The Morgan fingerprint density at radius 3 is 1.68 bits per heavy atom. The van der Waals surface area contributed by atoms with Crippen LogP contribution >= 0.6 is 0 Å². The van der Waals surface area contributed by atoms with Crippen molar-refractivity contribution in [2.75, 3.05) is 14.7 Å². The maximum atomic E-state index is 7.89. The van der Waals surface area contributed by atoms with E-state index in [1.54, 1.807) is 5.56 Å². The third-order valence-corrected chi connectivity index (χ3v) is 22.7. The zero-order valence-electron chi connectivity index (χ0n) is 51.2. The fourth-order valence-corrected chi connectivity index (χ4v) is 17.0. The minimum Gasteiger partial charge on any atom is -0.468 e. The van der Waals surface area contributed by atoms with Crippen LogP contribution in [0.15, 0.2) is 108 Å². The molecule has 5 heteroatoms. The van der Waals surface area contributed by atoms with Crippen molar-refractivity contribution in [2.24, 2.45) is 0 Å². The van der Waals surface area contributed by atoms with E-state index in [2.05, 4.69) is 236 Å². The quantitative estimate of drug-likeness (QED) is 0.165. The number of fused-ring (bicyclic) bond motifs is 12. The van der Waals surface area contributed by atoms with Crippen LogP contribution in [0.5, 0.6) is 0 Å². The first-order chi connectivity index (χ1) is 37.0. The largest absolute Gasteiger partial charge is 0.468 e. The van der Waals surface area contributed by atoms with Crippen LogP contribution in [0.4, 0.5) is 45.5 Å². The molecule has 79 heavy (non-hydrogen) atoms. The minimum absolute atomic E-state index is 0.00840. The Labute approximate surface area is 474 Å². The number of anilines is 8. The van der Waals surface area contributed by atoms with Gasteiger partial charge in [-0.3, -0.25) is 0 Å². The van der Waals surface area contributed by atoms with Gasteiger partial charge in [0.15, 0.2) is 0 Å². The molecule has 2 unspecified atom stereocenters. The Morgan fingerprint density at radius 2 is 1.04 bits per heavy atom. The van der Waals surface area contributed by atoms with Gasteiger partial charge < -0.3 is 19.1 Å². The number of hydrogen-bond donors (Lipinski definition) is 0. The lowest BCUT2D eigenvalue weighted by Crippen LogP contribution is -2.61. The lowest BCUT2D eigenvalue weighted by Gasteiger charge is -2.52. The van der Waals surface area contributed by atoms with Gasteiger partial charge in [-0.15, -0.1) is 0 Å². The highest BCUT2D eigenvalue weighted by atomic mass is 16.3. The Kier molecular flexibility index (Phi) is 10.5. The molecule has 0 amide bonds. The fourth-order valence-electron chi connectivity index (χ4n) is 17.0. The molecule has 3 aliphatic heterocycles. The summed E-state index contributed by atoms with van der Waals surface area (Å²) in [4.78, 5) is 8.28. The summed E-state index contributed by atoms with van der Waals surface area (Å²) in [6.07, 6.45) is 12.1. The van der Waals surface area contributed by atoms with Crippen molar-refractivity contribution in [3.05, 3.63) is 148 Å². The van der Waals surface area contributed by atoms with Gasteiger partial charge in [-0.1, -0.05) is 166 Å². The first-order valence-electron chi connectivity index (χ1n) is 30.7. The maximum Gasteiger partial charge on any atom is 0.297 e. The van der Waals surface area contributed by atoms with E-state index in [9.17, 15) is 0 Å². The van der Waals surface area contributed by atoms with E-state index >= 15 is 0 Å². The molecule has 5 aliphatic carbocycles. The number of nitrogens with zero attached hydrogens (tertiary/aromatic N) is 3. The SMILES string of the molecule is CC(C)(C)c1cc(N2c3ccc(C(C)(C)C)cc3B3c4oc5cc6c(cc5c4N(c4ccc5c(c4)C(C)(C)CCC5(C)C)c4cc(N5c7ccccc7C7(C)CCCCC57C)cc2c43)C2(C)CCC6(C)CC2)cc(C(C)(C)C)c1. The molecular formula is C74H88BN3O. The molecule has 0 saturated heterocycles. The Hall–Kier alpha value is -5.68. The van der Waals surface area contributed by atoms with Crippen LogP contribution in [0.25, 0.3) is 11.0 Å². The summed E-state index contributed by atoms with van der Waals surface area (Å²) in [6.45, 7) is 41.5. The van der Waals surface area contributed by atoms with E-state index in [0.29, 0.717) is 0 Å². The van der Waals surface area contributed by atoms with Gasteiger partial charge in [0.1, 0.15) is 5.58 Å². The Balaban J connectivity index is 1.16. The lowest BCUT2D eigenvalue weighted by molar-refractivity contribution is 0.188. The third kappa shape index (κ3) is 7.11. The normalized spacial score (nSPS) is 26.1. The third-order valence-electron chi connectivity index (χ3n) is 22.7. The second kappa shape index (κ2) is 16.1. The Bertz CT molecular complexity index is 3710. The first kappa shape index (κ1) is 51.5. The average Bonchev–Trinajstić information content (AvgIpc) is 3.30. The lowest BCUT2D eigenvalue weighted by atomic mass is 9.35. The van der Waals surface area contributed by atoms with Gasteiger partial charge in [0.2, 0.25) is 0 Å². The van der Waals surface area contributed by atoms with Crippen molar-refractivity contribution in [3.63, 3.8) is 0 Å². The molecule has 4 heterocycles. The van der Waals surface area contributed by atoms with Crippen molar-refractivity contribution in [3.8, 4) is 0 Å². The predicted molar refractivity (Wildman–Crippen MR) is 338 cm³/mol. The fraction of sp³-hybridized carbons (Fsp3) is 0.486. The smallest absolute Gasteiger partial charge is 0.297 e. The number of para-hydroxylation sites is 1. The number of hydrogen-bond acceptors (Lipinski definition) is 4. The molecular weight excluding hydrogens is 958 g/mol. The zero-order chi connectivity index (χ0) is 55.7. The predicted octanol–water partition coefficient (Wildman–Crippen LogP) is 18.6. The van der Waals surface area contributed by atoms with E-state index in [1.807, 2.05) is 0 Å². The summed E-state index contributed by atoms with van der Waals surface area (Å²) in [5.41, 5.74) is 26.4. The van der Waals surface area contributed by atoms with Gasteiger partial charge >= 0.3 is 0 Å². The Morgan fingerprint density at radius 1 is 0.443 bits per heavy atom. The standard InChI is InChI=1S/C74H88BN3O/c1-66(2,3)45-24-27-59-57(39-45)75-63-60(76(59)49-37-46(67(4,5)6)36-47(38-49)68(7,8)9)41-50(78-58-23-19-18-22-53(58)73(16)28-20-21-29-74(73,78)17)42-61(63)77(48-25-26-52-54(40-48)70(12,13)31-30-69(52,10)11)64-51-43-55-56(44-62(51)79-65(64)75)72(15)34-32-71(55,14)33-35-72/h18-19,22-27,36-44H,20-21,28-35H2,1-17H3. The summed E-state index contributed by atoms with van der Waals surface area (Å²) in [5.74, 6) is 0. The molecule has 2 saturated carbocycles. The highest BCUT2D eigenvalue weighted by Crippen LogP contribution is 2.63. The average molecular weight is 1050 g/mol. The van der Waals surface area contributed by atoms with Crippen LogP contribution in [0.1, 0.15) is 226 Å². The van der Waals surface area contributed by atoms with Crippen molar-refractivity contribution < 1.29 is 4.42 Å². The van der Waals surface area contributed by atoms with Gasteiger partial charge in [-0.2, -0.15) is 0 Å². The van der Waals surface area contributed by atoms with Gasteiger partial charge in [-0.05, 0) is 212 Å². The highest BCUT2D eigenvalue weighted by molar-refractivity contribution is 7.00. The number of benzene rings is 6. The molecule has 6 aromatic carbocycles. The van der Waals surface area contributed by atoms with E-state index in [-0.39, 0.29) is 55.6 Å². The summed E-state index contributed by atoms with van der Waals surface area (Å²) in [6, 6.07) is 42.6. The second-order valence-corrected chi connectivity index (χ2v) is 31.8. The summed E-state index contributed by atoms with van der Waals surface area (Å²) < 4.78 is 7.89. The highest BCUT2D eigenvalue weighted by Gasteiger charge is 2.59. The monoisotopic (exact) mass is 1050 g/mol. The summed E-state index contributed by atoms with van der Waals surface area (Å²) in [7, 11) is 0. The van der Waals surface area contributed by atoms with Crippen LogP contribution in [0.3, 0.4) is 0 Å². The molecule has 8 aliphatic rings. The number of furan rings is 1. The molecule has 7 aromatic rings. The van der Waals surface area contributed by atoms with Crippen molar-refractivity contribution in [1.29, 1.82) is 0 Å². The van der Waals surface area contributed by atoms with E-state index in [1.165, 1.54) is 152 Å². The van der Waals surface area contributed by atoms with E-state index in [4.69, 9.17) is 4.42 Å². The molecule has 408 valence electrons. The molecule has 0 N–H and O–H groups in total. The van der Waals surface area contributed by atoms with Crippen molar-refractivity contribution in [1.82, 2.24) is 0 Å². The van der Waals surface area contributed by atoms with Gasteiger partial charge in [0.25, 0.3) is 6.71 Å². The molecule has 0 radical (unpaired) electrons. The molecule has 2 bridgehead atoms. The van der Waals surface area contributed by atoms with Crippen LogP contribution in [0, 0.1) is 0 Å². The first-order valence-corrected chi connectivity index (χ1v) is 30.7. The van der Waals surface area contributed by atoms with Crippen LogP contribution in [0.2, 0.25) is 0 Å². The second-order valence-electron chi connectivity index (χ2n) is 31.8. The molecule has 4 nitrogen and oxygen atoms in total. The molecule has 2 atom stereocenters. The van der Waals surface area contributed by atoms with Crippen LogP contribution < -0.4 is 31.3 Å². The molecule has 1 aromatic heterocycles. The zero-order valence-corrected chi connectivity index (χ0v) is 51.2. The van der Waals surface area contributed by atoms with Gasteiger partial charge in [-0.25, -0.2) is 0 Å². The topological polar surface area (TPSA) is 22.9 Å². The molecule has 15 rings (SSSR count). The maximum absolute atomic E-state index is 7.89. The van der Waals surface area contributed by atoms with E-state index < -0.39 is 0 Å². The van der Waals surface area contributed by atoms with Gasteiger partial charge in [0, 0.05) is 50.6 Å². The van der Waals surface area contributed by atoms with Crippen LogP contribution in [-0.2, 0) is 43.3 Å². The number of rotatable bonds is 3. The summed E-state index contributed by atoms with van der Waals surface area (Å²) in [5, 5.41) is 1.25. The van der Waals surface area contributed by atoms with Crippen molar-refractivity contribution in [2.45, 2.75) is 231 Å².